The summed E-state index contributed by atoms with van der Waals surface area (Å²) in [6, 6.07) is -0.252. The molecule has 0 aromatic carbocycles. The van der Waals surface area contributed by atoms with Crippen molar-refractivity contribution in [3.63, 3.8) is 0 Å². The minimum Gasteiger partial charge on any atom is -0.354 e. The van der Waals surface area contributed by atoms with E-state index in [1.54, 1.807) is 0 Å². The number of rotatable bonds is 10. The highest BCUT2D eigenvalue weighted by Crippen LogP contribution is 2.07. The van der Waals surface area contributed by atoms with Crippen LogP contribution in [0.15, 0.2) is 25.3 Å². The first kappa shape index (κ1) is 14.7. The molecular weight excluding hydrogens is 232 g/mol. The SMILES string of the molecule is C=CCCCO[C@H]1NC(=O)N[C@@H]1OCCCC=C. The molecule has 2 N–H and O–H groups in total. The molecule has 0 aromatic rings. The molecule has 18 heavy (non-hydrogen) atoms. The minimum atomic E-state index is -0.411. The fourth-order valence-electron chi connectivity index (χ4n) is 1.59. The maximum atomic E-state index is 11.2. The highest BCUT2D eigenvalue weighted by Gasteiger charge is 2.32. The Morgan fingerprint density at radius 1 is 1.00 bits per heavy atom. The second-order valence-electron chi connectivity index (χ2n) is 4.06. The Hall–Kier alpha value is -1.33. The number of nitrogens with one attached hydrogen (secondary N) is 2. The summed E-state index contributed by atoms with van der Waals surface area (Å²) >= 11 is 0. The number of hydrogen-bond acceptors (Lipinski definition) is 3. The van der Waals surface area contributed by atoms with Gasteiger partial charge in [0.1, 0.15) is 0 Å². The van der Waals surface area contributed by atoms with E-state index < -0.39 is 12.5 Å². The van der Waals surface area contributed by atoms with Crippen LogP contribution in [0.1, 0.15) is 25.7 Å². The fourth-order valence-corrected chi connectivity index (χ4v) is 1.59. The van der Waals surface area contributed by atoms with Gasteiger partial charge in [-0.2, -0.15) is 0 Å². The van der Waals surface area contributed by atoms with Crippen molar-refractivity contribution in [2.45, 2.75) is 38.1 Å². The van der Waals surface area contributed by atoms with Crippen molar-refractivity contribution in [1.29, 1.82) is 0 Å². The molecule has 1 fully saturated rings. The topological polar surface area (TPSA) is 59.6 Å². The van der Waals surface area contributed by atoms with Crippen molar-refractivity contribution in [1.82, 2.24) is 10.6 Å². The number of amides is 2. The van der Waals surface area contributed by atoms with Crippen LogP contribution in [0.25, 0.3) is 0 Å². The van der Waals surface area contributed by atoms with E-state index in [9.17, 15) is 4.79 Å². The molecular formula is C13H22N2O3. The van der Waals surface area contributed by atoms with E-state index >= 15 is 0 Å². The second kappa shape index (κ2) is 8.72. The van der Waals surface area contributed by atoms with Gasteiger partial charge in [-0.05, 0) is 25.7 Å². The lowest BCUT2D eigenvalue weighted by Gasteiger charge is -2.19. The van der Waals surface area contributed by atoms with Crippen LogP contribution < -0.4 is 10.6 Å². The summed E-state index contributed by atoms with van der Waals surface area (Å²) in [6.45, 7) is 8.44. The molecule has 1 aliphatic rings. The summed E-state index contributed by atoms with van der Waals surface area (Å²) in [5.41, 5.74) is 0. The summed E-state index contributed by atoms with van der Waals surface area (Å²) < 4.78 is 11.1. The molecule has 0 spiro atoms. The molecule has 0 aromatic heterocycles. The first-order chi connectivity index (χ1) is 8.77. The molecule has 102 valence electrons. The summed E-state index contributed by atoms with van der Waals surface area (Å²) in [7, 11) is 0. The van der Waals surface area contributed by atoms with E-state index in [-0.39, 0.29) is 6.03 Å². The average molecular weight is 254 g/mol. The summed E-state index contributed by atoms with van der Waals surface area (Å²) in [4.78, 5) is 11.2. The molecule has 0 unspecified atom stereocenters. The fraction of sp³-hybridized carbons (Fsp3) is 0.615. The summed E-state index contributed by atoms with van der Waals surface area (Å²) in [5, 5.41) is 5.36. The molecule has 2 atom stereocenters. The molecule has 2 amide bonds. The van der Waals surface area contributed by atoms with Gasteiger partial charge in [0, 0.05) is 13.2 Å². The Morgan fingerprint density at radius 2 is 1.44 bits per heavy atom. The van der Waals surface area contributed by atoms with Gasteiger partial charge in [0.25, 0.3) is 0 Å². The zero-order valence-electron chi connectivity index (χ0n) is 10.7. The van der Waals surface area contributed by atoms with Gasteiger partial charge in [0.2, 0.25) is 0 Å². The molecule has 0 saturated carbocycles. The van der Waals surface area contributed by atoms with Crippen molar-refractivity contribution in [2.75, 3.05) is 13.2 Å². The van der Waals surface area contributed by atoms with Crippen LogP contribution in [-0.4, -0.2) is 31.7 Å². The number of unbranched alkanes of at least 4 members (excludes halogenated alkanes) is 2. The van der Waals surface area contributed by atoms with Crippen LogP contribution in [0.5, 0.6) is 0 Å². The van der Waals surface area contributed by atoms with Crippen molar-refractivity contribution in [3.8, 4) is 0 Å². The van der Waals surface area contributed by atoms with Crippen LogP contribution in [0.2, 0.25) is 0 Å². The molecule has 0 radical (unpaired) electrons. The van der Waals surface area contributed by atoms with Gasteiger partial charge in [-0.3, -0.25) is 0 Å². The lowest BCUT2D eigenvalue weighted by Crippen LogP contribution is -2.38. The van der Waals surface area contributed by atoms with Crippen molar-refractivity contribution >= 4 is 6.03 Å². The van der Waals surface area contributed by atoms with Gasteiger partial charge >= 0.3 is 6.03 Å². The monoisotopic (exact) mass is 254 g/mol. The smallest absolute Gasteiger partial charge is 0.319 e. The molecule has 5 nitrogen and oxygen atoms in total. The number of urea groups is 1. The van der Waals surface area contributed by atoms with Gasteiger partial charge in [-0.1, -0.05) is 12.2 Å². The van der Waals surface area contributed by atoms with Crippen LogP contribution in [0, 0.1) is 0 Å². The zero-order chi connectivity index (χ0) is 13.2. The van der Waals surface area contributed by atoms with Crippen LogP contribution in [0.4, 0.5) is 4.79 Å². The zero-order valence-corrected chi connectivity index (χ0v) is 10.7. The Labute approximate surface area is 108 Å². The molecule has 0 bridgehead atoms. The third kappa shape index (κ3) is 5.33. The van der Waals surface area contributed by atoms with Crippen molar-refractivity contribution < 1.29 is 14.3 Å². The molecule has 5 heteroatoms. The largest absolute Gasteiger partial charge is 0.354 e. The standard InChI is InChI=1S/C13H22N2O3/c1-3-5-7-9-17-11-12(15-13(16)14-11)18-10-8-6-4-2/h3-4,11-12H,1-2,5-10H2,(H2,14,15,16)/t11-,12-/m1/s1. The number of carbonyl (C=O) groups excluding carboxylic acids is 1. The number of carbonyl (C=O) groups is 1. The first-order valence-corrected chi connectivity index (χ1v) is 6.30. The Morgan fingerprint density at radius 3 is 1.83 bits per heavy atom. The third-order valence-electron chi connectivity index (χ3n) is 2.52. The molecule has 1 saturated heterocycles. The highest BCUT2D eigenvalue weighted by atomic mass is 16.6. The van der Waals surface area contributed by atoms with Gasteiger partial charge in [0.05, 0.1) is 0 Å². The predicted octanol–water partition coefficient (Wildman–Crippen LogP) is 1.92. The Kier molecular flexibility index (Phi) is 7.13. The summed E-state index contributed by atoms with van der Waals surface area (Å²) in [5.74, 6) is 0. The number of hydrogen-bond donors (Lipinski definition) is 2. The van der Waals surface area contributed by atoms with Crippen LogP contribution in [0.3, 0.4) is 0 Å². The molecule has 1 aliphatic heterocycles. The van der Waals surface area contributed by atoms with Crippen LogP contribution >= 0.6 is 0 Å². The highest BCUT2D eigenvalue weighted by molar-refractivity contribution is 5.76. The average Bonchev–Trinajstić information content (AvgIpc) is 2.71. The van der Waals surface area contributed by atoms with E-state index in [1.807, 2.05) is 12.2 Å². The first-order valence-electron chi connectivity index (χ1n) is 6.30. The lowest BCUT2D eigenvalue weighted by molar-refractivity contribution is -0.0732. The predicted molar refractivity (Wildman–Crippen MR) is 70.0 cm³/mol. The van der Waals surface area contributed by atoms with E-state index in [4.69, 9.17) is 9.47 Å². The van der Waals surface area contributed by atoms with Gasteiger partial charge in [-0.25, -0.2) is 4.79 Å². The lowest BCUT2D eigenvalue weighted by atomic mass is 10.3. The molecule has 1 heterocycles. The maximum Gasteiger partial charge on any atom is 0.319 e. The van der Waals surface area contributed by atoms with E-state index in [1.165, 1.54) is 0 Å². The van der Waals surface area contributed by atoms with E-state index in [0.717, 1.165) is 25.7 Å². The minimum absolute atomic E-state index is 0.252. The van der Waals surface area contributed by atoms with Crippen LogP contribution in [-0.2, 0) is 9.47 Å². The van der Waals surface area contributed by atoms with Crippen molar-refractivity contribution in [3.05, 3.63) is 25.3 Å². The quantitative estimate of drug-likeness (QED) is 0.462. The van der Waals surface area contributed by atoms with Crippen molar-refractivity contribution in [2.24, 2.45) is 0 Å². The van der Waals surface area contributed by atoms with E-state index in [0.29, 0.717) is 13.2 Å². The number of ether oxygens (including phenoxy) is 2. The maximum absolute atomic E-state index is 11.2. The van der Waals surface area contributed by atoms with E-state index in [2.05, 4.69) is 23.8 Å². The summed E-state index contributed by atoms with van der Waals surface area (Å²) in [6.07, 6.45) is 6.45. The van der Waals surface area contributed by atoms with Gasteiger partial charge in [-0.15, -0.1) is 13.2 Å². The normalized spacial score (nSPS) is 22.3. The molecule has 1 rings (SSSR count). The van der Waals surface area contributed by atoms with Gasteiger partial charge in [0.15, 0.2) is 12.5 Å². The Bertz CT molecular complexity index is 255. The van der Waals surface area contributed by atoms with Gasteiger partial charge < -0.3 is 20.1 Å². The molecule has 0 aliphatic carbocycles. The third-order valence-corrected chi connectivity index (χ3v) is 2.52. The number of allylic oxidation sites excluding steroid dienone is 2. The Balaban J connectivity index is 2.22. The second-order valence-corrected chi connectivity index (χ2v) is 4.06.